The van der Waals surface area contributed by atoms with E-state index in [2.05, 4.69) is 10.3 Å². The molecule has 0 spiro atoms. The molecule has 4 aromatic rings. The summed E-state index contributed by atoms with van der Waals surface area (Å²) in [4.78, 5) is 42.2. The largest absolute Gasteiger partial charge is 0.497 e. The Bertz CT molecular complexity index is 1380. The van der Waals surface area contributed by atoms with Crippen LogP contribution in [0.15, 0.2) is 69.9 Å². The predicted molar refractivity (Wildman–Crippen MR) is 134 cm³/mol. The number of nitrogens with zero attached hydrogens (tertiary/aromatic N) is 2. The summed E-state index contributed by atoms with van der Waals surface area (Å²) < 4.78 is 12.2. The van der Waals surface area contributed by atoms with Gasteiger partial charge in [-0.3, -0.25) is 14.2 Å². The van der Waals surface area contributed by atoms with Crippen molar-refractivity contribution in [2.24, 2.45) is 0 Å². The Morgan fingerprint density at radius 2 is 1.82 bits per heavy atom. The first-order valence-electron chi connectivity index (χ1n) is 10.3. The molecule has 8 nitrogen and oxygen atoms in total. The number of aromatic nitrogens is 2. The lowest BCUT2D eigenvalue weighted by molar-refractivity contribution is -0.113. The molecule has 34 heavy (non-hydrogen) atoms. The molecule has 0 saturated carbocycles. The Balaban J connectivity index is 1.53. The monoisotopic (exact) mass is 495 g/mol. The van der Waals surface area contributed by atoms with Crippen LogP contribution in [0, 0.1) is 0 Å². The lowest BCUT2D eigenvalue weighted by atomic mass is 10.2. The number of carbonyl (C=O) groups excluding carboxylic acids is 2. The Hall–Kier alpha value is -3.63. The lowest BCUT2D eigenvalue weighted by Gasteiger charge is -2.12. The second-order valence-corrected chi connectivity index (χ2v) is 8.86. The standard InChI is InChI=1S/C24H21N3O5S2/c1-3-32-23(30)15-4-6-16(7-5-15)25-20(28)14-34-24-26-19-12-13-33-21(19)22(29)27(24)17-8-10-18(31-2)11-9-17/h4-13H,3,14H2,1-2H3,(H,25,28). The number of hydrogen-bond donors (Lipinski definition) is 1. The van der Waals surface area contributed by atoms with Gasteiger partial charge in [0.25, 0.3) is 5.56 Å². The van der Waals surface area contributed by atoms with E-state index < -0.39 is 5.97 Å². The molecule has 0 aliphatic rings. The van der Waals surface area contributed by atoms with E-state index in [1.165, 1.54) is 27.7 Å². The Morgan fingerprint density at radius 3 is 2.50 bits per heavy atom. The van der Waals surface area contributed by atoms with E-state index in [4.69, 9.17) is 9.47 Å². The minimum absolute atomic E-state index is 0.0395. The molecule has 1 amide bonds. The Kier molecular flexibility index (Phi) is 7.29. The van der Waals surface area contributed by atoms with Crippen molar-refractivity contribution in [3.05, 3.63) is 75.9 Å². The summed E-state index contributed by atoms with van der Waals surface area (Å²) in [5.41, 5.74) is 1.99. The quantitative estimate of drug-likeness (QED) is 0.220. The average Bonchev–Trinajstić information content (AvgIpc) is 3.33. The zero-order valence-corrected chi connectivity index (χ0v) is 20.1. The molecular formula is C24H21N3O5S2. The molecule has 0 aliphatic heterocycles. The van der Waals surface area contributed by atoms with Gasteiger partial charge in [-0.25, -0.2) is 9.78 Å². The summed E-state index contributed by atoms with van der Waals surface area (Å²) in [6.45, 7) is 2.03. The van der Waals surface area contributed by atoms with Crippen LogP contribution in [0.2, 0.25) is 0 Å². The van der Waals surface area contributed by atoms with Crippen molar-refractivity contribution in [2.45, 2.75) is 12.1 Å². The number of nitrogens with one attached hydrogen (secondary N) is 1. The van der Waals surface area contributed by atoms with Gasteiger partial charge in [-0.2, -0.15) is 0 Å². The van der Waals surface area contributed by atoms with Gasteiger partial charge < -0.3 is 14.8 Å². The van der Waals surface area contributed by atoms with Crippen LogP contribution < -0.4 is 15.6 Å². The van der Waals surface area contributed by atoms with Crippen molar-refractivity contribution < 1.29 is 19.1 Å². The Labute approximate surface area is 203 Å². The fourth-order valence-electron chi connectivity index (χ4n) is 3.18. The van der Waals surface area contributed by atoms with Crippen LogP contribution in [-0.4, -0.2) is 40.9 Å². The minimum atomic E-state index is -0.415. The number of fused-ring (bicyclic) bond motifs is 1. The number of hydrogen-bond acceptors (Lipinski definition) is 8. The molecule has 174 valence electrons. The van der Waals surface area contributed by atoms with E-state index in [1.807, 2.05) is 5.38 Å². The first-order chi connectivity index (χ1) is 16.5. The van der Waals surface area contributed by atoms with E-state index in [0.717, 1.165) is 0 Å². The van der Waals surface area contributed by atoms with Crippen LogP contribution >= 0.6 is 23.1 Å². The van der Waals surface area contributed by atoms with Gasteiger partial charge in [0, 0.05) is 5.69 Å². The van der Waals surface area contributed by atoms with Crippen LogP contribution in [0.25, 0.3) is 15.9 Å². The normalized spacial score (nSPS) is 10.8. The second-order valence-electron chi connectivity index (χ2n) is 7.00. The van der Waals surface area contributed by atoms with Gasteiger partial charge in [0.1, 0.15) is 10.4 Å². The second kappa shape index (κ2) is 10.5. The van der Waals surface area contributed by atoms with Crippen LogP contribution in [-0.2, 0) is 9.53 Å². The number of methoxy groups -OCH3 is 1. The highest BCUT2D eigenvalue weighted by molar-refractivity contribution is 7.99. The fourth-order valence-corrected chi connectivity index (χ4v) is 4.75. The van der Waals surface area contributed by atoms with Crippen molar-refractivity contribution in [2.75, 3.05) is 24.8 Å². The van der Waals surface area contributed by atoms with Crippen molar-refractivity contribution in [1.82, 2.24) is 9.55 Å². The van der Waals surface area contributed by atoms with E-state index in [9.17, 15) is 14.4 Å². The first kappa shape index (κ1) is 23.5. The number of esters is 1. The number of thioether (sulfide) groups is 1. The van der Waals surface area contributed by atoms with Gasteiger partial charge in [-0.1, -0.05) is 11.8 Å². The molecule has 0 unspecified atom stereocenters. The van der Waals surface area contributed by atoms with Gasteiger partial charge >= 0.3 is 5.97 Å². The average molecular weight is 496 g/mol. The lowest BCUT2D eigenvalue weighted by Crippen LogP contribution is -2.22. The number of thiophene rings is 1. The smallest absolute Gasteiger partial charge is 0.338 e. The maximum Gasteiger partial charge on any atom is 0.338 e. The number of rotatable bonds is 8. The van der Waals surface area contributed by atoms with E-state index >= 15 is 0 Å². The molecule has 0 radical (unpaired) electrons. The molecule has 0 saturated heterocycles. The number of ether oxygens (including phenoxy) is 2. The first-order valence-corrected chi connectivity index (χ1v) is 12.2. The maximum absolute atomic E-state index is 13.2. The van der Waals surface area contributed by atoms with E-state index in [1.54, 1.807) is 68.6 Å². The highest BCUT2D eigenvalue weighted by Gasteiger charge is 2.16. The van der Waals surface area contributed by atoms with Gasteiger partial charge in [0.05, 0.1) is 36.2 Å². The summed E-state index contributed by atoms with van der Waals surface area (Å²) in [5.74, 6) is 0.0272. The highest BCUT2D eigenvalue weighted by atomic mass is 32.2. The van der Waals surface area contributed by atoms with E-state index in [0.29, 0.717) is 44.7 Å². The molecule has 0 atom stereocenters. The molecule has 0 bridgehead atoms. The van der Waals surface area contributed by atoms with Gasteiger partial charge in [-0.05, 0) is 66.9 Å². The topological polar surface area (TPSA) is 99.5 Å². The Morgan fingerprint density at radius 1 is 1.09 bits per heavy atom. The fraction of sp³-hybridized carbons (Fsp3) is 0.167. The van der Waals surface area contributed by atoms with Crippen molar-refractivity contribution >= 4 is 50.9 Å². The maximum atomic E-state index is 13.2. The summed E-state index contributed by atoms with van der Waals surface area (Å²) >= 11 is 2.49. The minimum Gasteiger partial charge on any atom is -0.497 e. The zero-order chi connectivity index (χ0) is 24.1. The third-order valence-electron chi connectivity index (χ3n) is 4.79. The number of benzene rings is 2. The van der Waals surface area contributed by atoms with Crippen molar-refractivity contribution in [3.63, 3.8) is 0 Å². The summed E-state index contributed by atoms with van der Waals surface area (Å²) in [5, 5.41) is 5.02. The van der Waals surface area contributed by atoms with E-state index in [-0.39, 0.29) is 17.2 Å². The molecule has 0 fully saturated rings. The zero-order valence-electron chi connectivity index (χ0n) is 18.4. The molecule has 2 aromatic carbocycles. The van der Waals surface area contributed by atoms with Crippen LogP contribution in [0.3, 0.4) is 0 Å². The summed E-state index contributed by atoms with van der Waals surface area (Å²) in [6, 6.07) is 15.3. The van der Waals surface area contributed by atoms with Crippen molar-refractivity contribution in [1.29, 1.82) is 0 Å². The molecule has 4 rings (SSSR count). The van der Waals surface area contributed by atoms with Crippen LogP contribution in [0.1, 0.15) is 17.3 Å². The number of carbonyl (C=O) groups is 2. The SMILES string of the molecule is CCOC(=O)c1ccc(NC(=O)CSc2nc3ccsc3c(=O)n2-c2ccc(OC)cc2)cc1. The van der Waals surface area contributed by atoms with Crippen molar-refractivity contribution in [3.8, 4) is 11.4 Å². The molecule has 2 aromatic heterocycles. The summed E-state index contributed by atoms with van der Waals surface area (Å²) in [6.07, 6.45) is 0. The molecule has 1 N–H and O–H groups in total. The predicted octanol–water partition coefficient (Wildman–Crippen LogP) is 4.36. The van der Waals surface area contributed by atoms with Crippen LogP contribution in [0.5, 0.6) is 5.75 Å². The molecular weight excluding hydrogens is 474 g/mol. The third kappa shape index (κ3) is 5.13. The highest BCUT2D eigenvalue weighted by Crippen LogP contribution is 2.25. The molecule has 10 heteroatoms. The van der Waals surface area contributed by atoms with Crippen LogP contribution in [0.4, 0.5) is 5.69 Å². The third-order valence-corrected chi connectivity index (χ3v) is 6.62. The molecule has 2 heterocycles. The van der Waals surface area contributed by atoms with Gasteiger partial charge in [0.2, 0.25) is 5.91 Å². The number of amides is 1. The van der Waals surface area contributed by atoms with Gasteiger partial charge in [-0.15, -0.1) is 11.3 Å². The molecule has 0 aliphatic carbocycles. The number of anilines is 1. The summed E-state index contributed by atoms with van der Waals surface area (Å²) in [7, 11) is 1.57. The van der Waals surface area contributed by atoms with Gasteiger partial charge in [0.15, 0.2) is 5.16 Å².